The zero-order valence-electron chi connectivity index (χ0n) is 5.77. The number of rotatable bonds is 1. The van der Waals surface area contributed by atoms with Gasteiger partial charge in [0.15, 0.2) is 0 Å². The first kappa shape index (κ1) is 8.80. The van der Waals surface area contributed by atoms with Gasteiger partial charge in [0.25, 0.3) is 0 Å². The highest BCUT2D eigenvalue weighted by Crippen LogP contribution is 2.34. The summed E-state index contributed by atoms with van der Waals surface area (Å²) in [5, 5.41) is 8.46. The maximum atomic E-state index is 11.9. The van der Waals surface area contributed by atoms with Gasteiger partial charge in [-0.2, -0.15) is 13.2 Å². The van der Waals surface area contributed by atoms with Crippen molar-refractivity contribution in [3.63, 3.8) is 0 Å². The summed E-state index contributed by atoms with van der Waals surface area (Å²) >= 11 is 0. The molecule has 0 aromatic rings. The second-order valence-corrected chi connectivity index (χ2v) is 2.61. The van der Waals surface area contributed by atoms with Gasteiger partial charge < -0.3 is 9.84 Å². The van der Waals surface area contributed by atoms with Crippen LogP contribution in [0.2, 0.25) is 0 Å². The second kappa shape index (κ2) is 2.98. The molecule has 1 N–H and O–H groups in total. The Morgan fingerprint density at radius 3 is 2.36 bits per heavy atom. The Bertz CT molecular complexity index is 134. The lowest BCUT2D eigenvalue weighted by atomic mass is 10.1. The van der Waals surface area contributed by atoms with Gasteiger partial charge >= 0.3 is 6.18 Å². The molecular formula is C6H9F3O2. The number of aliphatic hydroxyl groups excluding tert-OH is 1. The lowest BCUT2D eigenvalue weighted by Crippen LogP contribution is -2.23. The van der Waals surface area contributed by atoms with E-state index in [2.05, 4.69) is 4.74 Å². The summed E-state index contributed by atoms with van der Waals surface area (Å²) in [4.78, 5) is 0. The van der Waals surface area contributed by atoms with E-state index >= 15 is 0 Å². The summed E-state index contributed by atoms with van der Waals surface area (Å²) in [7, 11) is 0. The van der Waals surface area contributed by atoms with Crippen molar-refractivity contribution in [2.24, 2.45) is 5.92 Å². The van der Waals surface area contributed by atoms with Crippen LogP contribution in [0.25, 0.3) is 0 Å². The number of aliphatic hydroxyl groups is 1. The minimum absolute atomic E-state index is 0.111. The van der Waals surface area contributed by atoms with Gasteiger partial charge in [-0.25, -0.2) is 0 Å². The highest BCUT2D eigenvalue weighted by Gasteiger charge is 2.44. The van der Waals surface area contributed by atoms with Crippen molar-refractivity contribution >= 4 is 0 Å². The van der Waals surface area contributed by atoms with Crippen molar-refractivity contribution in [1.82, 2.24) is 0 Å². The first-order chi connectivity index (χ1) is 5.04. The Morgan fingerprint density at radius 1 is 1.45 bits per heavy atom. The number of alkyl halides is 3. The van der Waals surface area contributed by atoms with Gasteiger partial charge in [0, 0.05) is 0 Å². The molecule has 11 heavy (non-hydrogen) atoms. The molecule has 1 aliphatic rings. The molecule has 0 unspecified atom stereocenters. The third-order valence-electron chi connectivity index (χ3n) is 1.75. The van der Waals surface area contributed by atoms with Crippen molar-refractivity contribution in [3.8, 4) is 0 Å². The average molecular weight is 170 g/mol. The predicted octanol–water partition coefficient (Wildman–Crippen LogP) is 0.946. The number of hydrogen-bond donors (Lipinski definition) is 1. The van der Waals surface area contributed by atoms with E-state index in [0.717, 1.165) is 0 Å². The Balaban J connectivity index is 2.42. The van der Waals surface area contributed by atoms with E-state index in [0.29, 0.717) is 0 Å². The standard InChI is InChI=1S/C6H9F3O2/c7-6(8,9)4-1-5(2-10)11-3-4/h4-5,10H,1-3H2/t4-,5-/m1/s1. The molecule has 1 fully saturated rings. The predicted molar refractivity (Wildman–Crippen MR) is 31.0 cm³/mol. The van der Waals surface area contributed by atoms with E-state index < -0.39 is 18.2 Å². The molecule has 1 aliphatic heterocycles. The minimum atomic E-state index is -4.18. The van der Waals surface area contributed by atoms with Crippen LogP contribution in [0.1, 0.15) is 6.42 Å². The smallest absolute Gasteiger partial charge is 0.394 e. The first-order valence-corrected chi connectivity index (χ1v) is 3.33. The fourth-order valence-corrected chi connectivity index (χ4v) is 1.06. The van der Waals surface area contributed by atoms with Crippen molar-refractivity contribution < 1.29 is 23.0 Å². The highest BCUT2D eigenvalue weighted by molar-refractivity contribution is 4.77. The van der Waals surface area contributed by atoms with Gasteiger partial charge in [-0.05, 0) is 6.42 Å². The van der Waals surface area contributed by atoms with E-state index in [1.54, 1.807) is 0 Å². The van der Waals surface area contributed by atoms with Crippen molar-refractivity contribution in [3.05, 3.63) is 0 Å². The lowest BCUT2D eigenvalue weighted by molar-refractivity contribution is -0.173. The summed E-state index contributed by atoms with van der Waals surface area (Å²) in [5.74, 6) is -1.39. The summed E-state index contributed by atoms with van der Waals surface area (Å²) in [6, 6.07) is 0. The van der Waals surface area contributed by atoms with Crippen LogP contribution in [0.3, 0.4) is 0 Å². The molecule has 1 heterocycles. The Hall–Kier alpha value is -0.290. The van der Waals surface area contributed by atoms with Gasteiger partial charge in [0.1, 0.15) is 0 Å². The van der Waals surface area contributed by atoms with E-state index in [1.807, 2.05) is 0 Å². The topological polar surface area (TPSA) is 29.5 Å². The molecule has 0 aromatic heterocycles. The van der Waals surface area contributed by atoms with Crippen LogP contribution in [0.5, 0.6) is 0 Å². The molecule has 0 radical (unpaired) electrons. The lowest BCUT2D eigenvalue weighted by Gasteiger charge is -2.11. The van der Waals surface area contributed by atoms with Crippen LogP contribution in [-0.4, -0.2) is 30.6 Å². The van der Waals surface area contributed by atoms with Crippen LogP contribution in [0, 0.1) is 5.92 Å². The third-order valence-corrected chi connectivity index (χ3v) is 1.75. The number of halogens is 3. The normalized spacial score (nSPS) is 32.7. The fraction of sp³-hybridized carbons (Fsp3) is 1.00. The second-order valence-electron chi connectivity index (χ2n) is 2.61. The minimum Gasteiger partial charge on any atom is -0.394 e. The molecule has 1 saturated heterocycles. The zero-order chi connectivity index (χ0) is 8.48. The fourth-order valence-electron chi connectivity index (χ4n) is 1.06. The summed E-state index contributed by atoms with van der Waals surface area (Å²) in [6.07, 6.45) is -4.91. The zero-order valence-corrected chi connectivity index (χ0v) is 5.77. The SMILES string of the molecule is OC[C@H]1C[C@@H](C(F)(F)F)CO1. The monoisotopic (exact) mass is 170 g/mol. The Kier molecular flexibility index (Phi) is 2.39. The molecule has 0 spiro atoms. The molecule has 2 atom stereocenters. The van der Waals surface area contributed by atoms with Crippen LogP contribution >= 0.6 is 0 Å². The summed E-state index contributed by atoms with van der Waals surface area (Å²) in [6.45, 7) is -0.638. The molecule has 0 aliphatic carbocycles. The highest BCUT2D eigenvalue weighted by atomic mass is 19.4. The van der Waals surface area contributed by atoms with Gasteiger partial charge in [0.2, 0.25) is 0 Å². The van der Waals surface area contributed by atoms with Crippen LogP contribution in [0.15, 0.2) is 0 Å². The summed E-state index contributed by atoms with van der Waals surface area (Å²) in [5.41, 5.74) is 0. The Labute approximate surface area is 62.0 Å². The quantitative estimate of drug-likeness (QED) is 0.634. The van der Waals surface area contributed by atoms with Gasteiger partial charge in [0.05, 0.1) is 25.2 Å². The Morgan fingerprint density at radius 2 is 2.09 bits per heavy atom. The van der Waals surface area contributed by atoms with Crippen molar-refractivity contribution in [2.45, 2.75) is 18.7 Å². The molecule has 2 nitrogen and oxygen atoms in total. The van der Waals surface area contributed by atoms with E-state index in [4.69, 9.17) is 5.11 Å². The van der Waals surface area contributed by atoms with E-state index in [1.165, 1.54) is 0 Å². The van der Waals surface area contributed by atoms with Gasteiger partial charge in [-0.3, -0.25) is 0 Å². The number of ether oxygens (including phenoxy) is 1. The first-order valence-electron chi connectivity index (χ1n) is 3.33. The largest absolute Gasteiger partial charge is 0.394 e. The molecule has 0 saturated carbocycles. The maximum absolute atomic E-state index is 11.9. The third kappa shape index (κ3) is 2.07. The average Bonchev–Trinajstić information content (AvgIpc) is 2.32. The molecule has 5 heteroatoms. The van der Waals surface area contributed by atoms with Crippen LogP contribution in [0.4, 0.5) is 13.2 Å². The molecule has 1 rings (SSSR count). The molecular weight excluding hydrogens is 161 g/mol. The molecule has 0 amide bonds. The molecule has 0 aromatic carbocycles. The van der Waals surface area contributed by atoms with Crippen molar-refractivity contribution in [2.75, 3.05) is 13.2 Å². The van der Waals surface area contributed by atoms with Crippen LogP contribution < -0.4 is 0 Å². The number of hydrogen-bond acceptors (Lipinski definition) is 2. The van der Waals surface area contributed by atoms with Gasteiger partial charge in [-0.1, -0.05) is 0 Å². The van der Waals surface area contributed by atoms with Crippen molar-refractivity contribution in [1.29, 1.82) is 0 Å². The summed E-state index contributed by atoms with van der Waals surface area (Å²) < 4.78 is 40.4. The van der Waals surface area contributed by atoms with Gasteiger partial charge in [-0.15, -0.1) is 0 Å². The molecule has 66 valence electrons. The van der Waals surface area contributed by atoms with Crippen LogP contribution in [-0.2, 0) is 4.74 Å². The molecule has 0 bridgehead atoms. The van der Waals surface area contributed by atoms with E-state index in [-0.39, 0.29) is 19.6 Å². The van der Waals surface area contributed by atoms with E-state index in [9.17, 15) is 13.2 Å². The maximum Gasteiger partial charge on any atom is 0.394 e.